The van der Waals surface area contributed by atoms with Gasteiger partial charge in [-0.1, -0.05) is 28.1 Å². The number of ether oxygens (including phenoxy) is 1. The monoisotopic (exact) mass is 474 g/mol. The van der Waals surface area contributed by atoms with Crippen LogP contribution < -0.4 is 15.5 Å². The molecule has 0 radical (unpaired) electrons. The predicted octanol–water partition coefficient (Wildman–Crippen LogP) is 3.10. The van der Waals surface area contributed by atoms with Crippen molar-refractivity contribution in [3.05, 3.63) is 52.5 Å². The van der Waals surface area contributed by atoms with Gasteiger partial charge < -0.3 is 20.3 Å². The smallest absolute Gasteiger partial charge is 0.238 e. The number of hydrogen-bond donors (Lipinski definition) is 2. The van der Waals surface area contributed by atoms with Crippen molar-refractivity contribution >= 4 is 44.8 Å². The quantitative estimate of drug-likeness (QED) is 0.644. The van der Waals surface area contributed by atoms with Gasteiger partial charge in [-0.15, -0.1) is 0 Å². The Kier molecular flexibility index (Phi) is 7.84. The second-order valence-corrected chi connectivity index (χ2v) is 8.26. The molecule has 1 fully saturated rings. The third-order valence-corrected chi connectivity index (χ3v) is 5.31. The number of anilines is 3. The van der Waals surface area contributed by atoms with Gasteiger partial charge in [0.25, 0.3) is 0 Å². The van der Waals surface area contributed by atoms with E-state index >= 15 is 0 Å². The molecule has 1 heterocycles. The number of carbonyl (C=O) groups is 2. The Morgan fingerprint density at radius 2 is 1.67 bits per heavy atom. The SMILES string of the molecule is Cc1cc(Br)ccc1NC(=O)CN(C)CC(=O)Nc1ccccc1N1CCOCC1. The van der Waals surface area contributed by atoms with E-state index in [0.717, 1.165) is 40.2 Å². The fourth-order valence-electron chi connectivity index (χ4n) is 3.35. The molecular weight excluding hydrogens is 448 g/mol. The van der Waals surface area contributed by atoms with Crippen LogP contribution in [0.1, 0.15) is 5.56 Å². The van der Waals surface area contributed by atoms with Gasteiger partial charge in [-0.3, -0.25) is 14.5 Å². The number of halogens is 1. The van der Waals surface area contributed by atoms with Crippen LogP contribution in [0, 0.1) is 6.92 Å². The van der Waals surface area contributed by atoms with Crippen LogP contribution in [0.2, 0.25) is 0 Å². The molecule has 3 rings (SSSR count). The van der Waals surface area contributed by atoms with Crippen LogP contribution >= 0.6 is 15.9 Å². The summed E-state index contributed by atoms with van der Waals surface area (Å²) in [5.41, 5.74) is 3.49. The Hall–Kier alpha value is -2.42. The van der Waals surface area contributed by atoms with Gasteiger partial charge in [0.2, 0.25) is 11.8 Å². The Bertz CT molecular complexity index is 900. The molecule has 0 unspecified atom stereocenters. The molecule has 0 spiro atoms. The molecule has 0 atom stereocenters. The van der Waals surface area contributed by atoms with Crippen molar-refractivity contribution in [3.8, 4) is 0 Å². The van der Waals surface area contributed by atoms with Gasteiger partial charge >= 0.3 is 0 Å². The maximum absolute atomic E-state index is 12.6. The van der Waals surface area contributed by atoms with E-state index in [9.17, 15) is 9.59 Å². The van der Waals surface area contributed by atoms with Crippen LogP contribution in [0.4, 0.5) is 17.1 Å². The lowest BCUT2D eigenvalue weighted by Gasteiger charge is -2.30. The molecule has 160 valence electrons. The van der Waals surface area contributed by atoms with Gasteiger partial charge in [0.1, 0.15) is 0 Å². The highest BCUT2D eigenvalue weighted by Crippen LogP contribution is 2.26. The number of nitrogens with one attached hydrogen (secondary N) is 2. The zero-order valence-corrected chi connectivity index (χ0v) is 18.9. The summed E-state index contributed by atoms with van der Waals surface area (Å²) in [6, 6.07) is 13.4. The first-order chi connectivity index (χ1) is 14.4. The van der Waals surface area contributed by atoms with Gasteiger partial charge in [-0.25, -0.2) is 0 Å². The van der Waals surface area contributed by atoms with Crippen LogP contribution in [-0.2, 0) is 14.3 Å². The Morgan fingerprint density at radius 3 is 2.33 bits per heavy atom. The molecule has 2 aromatic rings. The summed E-state index contributed by atoms with van der Waals surface area (Å²) in [7, 11) is 1.75. The van der Waals surface area contributed by atoms with Crippen molar-refractivity contribution in [1.82, 2.24) is 4.90 Å². The maximum Gasteiger partial charge on any atom is 0.238 e. The largest absolute Gasteiger partial charge is 0.378 e. The zero-order chi connectivity index (χ0) is 21.5. The van der Waals surface area contributed by atoms with E-state index in [1.54, 1.807) is 11.9 Å². The van der Waals surface area contributed by atoms with E-state index in [0.29, 0.717) is 13.2 Å². The first-order valence-corrected chi connectivity index (χ1v) is 10.7. The molecule has 1 aliphatic rings. The van der Waals surface area contributed by atoms with Crippen molar-refractivity contribution in [1.29, 1.82) is 0 Å². The molecule has 2 N–H and O–H groups in total. The molecule has 0 saturated carbocycles. The first kappa shape index (κ1) is 22.3. The van der Waals surface area contributed by atoms with Crippen LogP contribution in [0.15, 0.2) is 46.9 Å². The van der Waals surface area contributed by atoms with Crippen molar-refractivity contribution < 1.29 is 14.3 Å². The number of carbonyl (C=O) groups excluding carboxylic acids is 2. The molecule has 2 amide bonds. The summed E-state index contributed by atoms with van der Waals surface area (Å²) < 4.78 is 6.37. The van der Waals surface area contributed by atoms with Crippen LogP contribution in [0.25, 0.3) is 0 Å². The van der Waals surface area contributed by atoms with Gasteiger partial charge in [0.05, 0.1) is 37.7 Å². The van der Waals surface area contributed by atoms with E-state index < -0.39 is 0 Å². The third-order valence-electron chi connectivity index (χ3n) is 4.82. The maximum atomic E-state index is 12.6. The highest BCUT2D eigenvalue weighted by atomic mass is 79.9. The molecule has 8 heteroatoms. The summed E-state index contributed by atoms with van der Waals surface area (Å²) in [6.07, 6.45) is 0. The van der Waals surface area contributed by atoms with Gasteiger partial charge in [0, 0.05) is 23.2 Å². The molecule has 1 aliphatic heterocycles. The lowest BCUT2D eigenvalue weighted by Crippen LogP contribution is -2.38. The summed E-state index contributed by atoms with van der Waals surface area (Å²) in [5.74, 6) is -0.324. The van der Waals surface area contributed by atoms with Crippen LogP contribution in [0.5, 0.6) is 0 Å². The molecule has 7 nitrogen and oxygen atoms in total. The number of aryl methyl sites for hydroxylation is 1. The second-order valence-electron chi connectivity index (χ2n) is 7.34. The molecular formula is C22H27BrN4O3. The Morgan fingerprint density at radius 1 is 1.03 bits per heavy atom. The number of morpholine rings is 1. The van der Waals surface area contributed by atoms with Gasteiger partial charge in [0.15, 0.2) is 0 Å². The average Bonchev–Trinajstić information content (AvgIpc) is 2.71. The fourth-order valence-corrected chi connectivity index (χ4v) is 3.83. The molecule has 0 aromatic heterocycles. The highest BCUT2D eigenvalue weighted by Gasteiger charge is 2.17. The third kappa shape index (κ3) is 6.29. The number of nitrogens with zero attached hydrogens (tertiary/aromatic N) is 2. The van der Waals surface area contributed by atoms with Crippen molar-refractivity contribution in [2.45, 2.75) is 6.92 Å². The average molecular weight is 475 g/mol. The van der Waals surface area contributed by atoms with Crippen molar-refractivity contribution in [3.63, 3.8) is 0 Å². The van der Waals surface area contributed by atoms with Crippen LogP contribution in [-0.4, -0.2) is 63.2 Å². The van der Waals surface area contributed by atoms with Crippen molar-refractivity contribution in [2.24, 2.45) is 0 Å². The summed E-state index contributed by atoms with van der Waals surface area (Å²) >= 11 is 3.41. The summed E-state index contributed by atoms with van der Waals surface area (Å²) in [5, 5.41) is 5.87. The number of amides is 2. The lowest BCUT2D eigenvalue weighted by molar-refractivity contribution is -0.119. The number of likely N-dealkylation sites (N-methyl/N-ethyl adjacent to an activating group) is 1. The lowest BCUT2D eigenvalue weighted by atomic mass is 10.2. The highest BCUT2D eigenvalue weighted by molar-refractivity contribution is 9.10. The number of benzene rings is 2. The Balaban J connectivity index is 1.53. The molecule has 2 aromatic carbocycles. The van der Waals surface area contributed by atoms with Crippen molar-refractivity contribution in [2.75, 3.05) is 62.0 Å². The molecule has 1 saturated heterocycles. The first-order valence-electron chi connectivity index (χ1n) is 9.88. The zero-order valence-electron chi connectivity index (χ0n) is 17.3. The Labute approximate surface area is 185 Å². The second kappa shape index (κ2) is 10.6. The number of hydrogen-bond acceptors (Lipinski definition) is 5. The summed E-state index contributed by atoms with van der Waals surface area (Å²) in [6.45, 7) is 5.11. The molecule has 0 bridgehead atoms. The minimum absolute atomic E-state index is 0.115. The van der Waals surface area contributed by atoms with Crippen LogP contribution in [0.3, 0.4) is 0 Å². The van der Waals surface area contributed by atoms with E-state index in [1.807, 2.05) is 49.4 Å². The standard InChI is InChI=1S/C22H27BrN4O3/c1-16-13-17(23)7-8-18(16)24-21(28)14-26(2)15-22(29)25-19-5-3-4-6-20(19)27-9-11-30-12-10-27/h3-8,13H,9-12,14-15H2,1-2H3,(H,24,28)(H,25,29). The van der Waals surface area contributed by atoms with E-state index in [4.69, 9.17) is 4.74 Å². The number of para-hydroxylation sites is 2. The molecule has 30 heavy (non-hydrogen) atoms. The summed E-state index contributed by atoms with van der Waals surface area (Å²) in [4.78, 5) is 28.8. The molecule has 0 aliphatic carbocycles. The van der Waals surface area contributed by atoms with Gasteiger partial charge in [-0.05, 0) is 49.9 Å². The topological polar surface area (TPSA) is 73.9 Å². The fraction of sp³-hybridized carbons (Fsp3) is 0.364. The van der Waals surface area contributed by atoms with E-state index in [2.05, 4.69) is 31.5 Å². The number of rotatable bonds is 7. The predicted molar refractivity (Wildman–Crippen MR) is 123 cm³/mol. The minimum Gasteiger partial charge on any atom is -0.378 e. The van der Waals surface area contributed by atoms with Gasteiger partial charge in [-0.2, -0.15) is 0 Å². The normalized spacial score (nSPS) is 13.9. The van der Waals surface area contributed by atoms with E-state index in [-0.39, 0.29) is 24.9 Å². The minimum atomic E-state index is -0.163. The van der Waals surface area contributed by atoms with E-state index in [1.165, 1.54) is 0 Å².